The molecule has 1 aromatic heterocycles. The second-order valence-corrected chi connectivity index (χ2v) is 6.28. The molecule has 0 aromatic carbocycles. The fourth-order valence-electron chi connectivity index (χ4n) is 2.12. The molecule has 1 fully saturated rings. The van der Waals surface area contributed by atoms with Crippen LogP contribution in [-0.4, -0.2) is 50.3 Å². The number of hydrogen-bond donors (Lipinski definition) is 2. The van der Waals surface area contributed by atoms with Gasteiger partial charge in [-0.3, -0.25) is 4.21 Å². The summed E-state index contributed by atoms with van der Waals surface area (Å²) in [6.07, 6.45) is 3.98. The number of nitrogens with one attached hydrogen (secondary N) is 1. The van der Waals surface area contributed by atoms with E-state index in [9.17, 15) is 4.21 Å². The van der Waals surface area contributed by atoms with Crippen molar-refractivity contribution in [2.24, 2.45) is 0 Å². The van der Waals surface area contributed by atoms with E-state index >= 15 is 0 Å². The average molecular weight is 284 g/mol. The highest BCUT2D eigenvalue weighted by Crippen LogP contribution is 2.17. The minimum absolute atomic E-state index is 0.0269. The number of hydrogen-bond acceptors (Lipinski definition) is 7. The second kappa shape index (κ2) is 6.14. The smallest absolute Gasteiger partial charge is 0.231 e. The van der Waals surface area contributed by atoms with Gasteiger partial charge in [-0.05, 0) is 19.8 Å². The SMILES string of the molecule is CC(CS(C)=O)Nc1nc(N)nc(N2CCCC2)n1. The highest BCUT2D eigenvalue weighted by molar-refractivity contribution is 7.84. The Labute approximate surface area is 115 Å². The average Bonchev–Trinajstić information content (AvgIpc) is 2.79. The van der Waals surface area contributed by atoms with Crippen molar-refractivity contribution in [1.82, 2.24) is 15.0 Å². The molecule has 1 aromatic rings. The molecule has 0 spiro atoms. The molecule has 2 rings (SSSR count). The maximum Gasteiger partial charge on any atom is 0.231 e. The number of nitrogen functional groups attached to an aromatic ring is 1. The Morgan fingerprint density at radius 1 is 1.37 bits per heavy atom. The van der Waals surface area contributed by atoms with Gasteiger partial charge in [-0.15, -0.1) is 0 Å². The first-order valence-electron chi connectivity index (χ1n) is 6.37. The lowest BCUT2D eigenvalue weighted by Crippen LogP contribution is -2.26. The molecular formula is C11H20N6OS. The Morgan fingerprint density at radius 2 is 2.05 bits per heavy atom. The third-order valence-corrected chi connectivity index (χ3v) is 3.86. The summed E-state index contributed by atoms with van der Waals surface area (Å²) >= 11 is 0. The zero-order chi connectivity index (χ0) is 13.8. The molecule has 8 heteroatoms. The number of rotatable bonds is 5. The lowest BCUT2D eigenvalue weighted by molar-refractivity contribution is 0.682. The molecule has 0 amide bonds. The predicted molar refractivity (Wildman–Crippen MR) is 77.7 cm³/mol. The molecule has 1 saturated heterocycles. The van der Waals surface area contributed by atoms with Gasteiger partial charge in [-0.1, -0.05) is 0 Å². The summed E-state index contributed by atoms with van der Waals surface area (Å²) in [6, 6.07) is 0.0269. The molecule has 0 bridgehead atoms. The summed E-state index contributed by atoms with van der Waals surface area (Å²) in [4.78, 5) is 14.7. The van der Waals surface area contributed by atoms with Crippen molar-refractivity contribution in [2.45, 2.75) is 25.8 Å². The van der Waals surface area contributed by atoms with Gasteiger partial charge in [0.25, 0.3) is 0 Å². The second-order valence-electron chi connectivity index (χ2n) is 4.80. The number of nitrogens with two attached hydrogens (primary N) is 1. The third kappa shape index (κ3) is 4.02. The lowest BCUT2D eigenvalue weighted by Gasteiger charge is -2.17. The van der Waals surface area contributed by atoms with Crippen LogP contribution in [0.1, 0.15) is 19.8 Å². The van der Waals surface area contributed by atoms with Crippen LogP contribution in [0.3, 0.4) is 0 Å². The van der Waals surface area contributed by atoms with E-state index < -0.39 is 10.8 Å². The normalized spacial score (nSPS) is 18.3. The van der Waals surface area contributed by atoms with E-state index in [0.717, 1.165) is 25.9 Å². The first kappa shape index (κ1) is 14.0. The van der Waals surface area contributed by atoms with E-state index in [0.29, 0.717) is 17.6 Å². The first-order chi connectivity index (χ1) is 9.04. The van der Waals surface area contributed by atoms with Crippen molar-refractivity contribution in [3.63, 3.8) is 0 Å². The van der Waals surface area contributed by atoms with E-state index in [1.807, 2.05) is 6.92 Å². The minimum atomic E-state index is -0.857. The molecular weight excluding hydrogens is 264 g/mol. The summed E-state index contributed by atoms with van der Waals surface area (Å²) < 4.78 is 11.2. The highest BCUT2D eigenvalue weighted by atomic mass is 32.2. The maximum atomic E-state index is 11.2. The zero-order valence-corrected chi connectivity index (χ0v) is 12.1. The third-order valence-electron chi connectivity index (χ3n) is 2.89. The maximum absolute atomic E-state index is 11.2. The van der Waals surface area contributed by atoms with E-state index in [2.05, 4.69) is 25.2 Å². The van der Waals surface area contributed by atoms with Gasteiger partial charge >= 0.3 is 0 Å². The lowest BCUT2D eigenvalue weighted by atomic mass is 10.4. The highest BCUT2D eigenvalue weighted by Gasteiger charge is 2.17. The van der Waals surface area contributed by atoms with E-state index in [4.69, 9.17) is 5.73 Å². The van der Waals surface area contributed by atoms with Crippen LogP contribution in [-0.2, 0) is 10.8 Å². The van der Waals surface area contributed by atoms with Crippen LogP contribution in [0.4, 0.5) is 17.8 Å². The Bertz CT molecular complexity index is 462. The number of anilines is 3. The summed E-state index contributed by atoms with van der Waals surface area (Å²) in [6.45, 7) is 3.85. The number of nitrogens with zero attached hydrogens (tertiary/aromatic N) is 4. The molecule has 1 aliphatic heterocycles. The van der Waals surface area contributed by atoms with E-state index in [1.54, 1.807) is 6.26 Å². The standard InChI is InChI=1S/C11H20N6OS/c1-8(7-19(2)18)13-10-14-9(12)15-11(16-10)17-5-3-4-6-17/h8H,3-7H2,1-2H3,(H3,12,13,14,15,16). The Kier molecular flexibility index (Phi) is 4.52. The summed E-state index contributed by atoms with van der Waals surface area (Å²) in [5.74, 6) is 1.83. The van der Waals surface area contributed by atoms with Crippen molar-refractivity contribution in [3.8, 4) is 0 Å². The van der Waals surface area contributed by atoms with Gasteiger partial charge in [-0.2, -0.15) is 15.0 Å². The van der Waals surface area contributed by atoms with Gasteiger partial charge in [0.1, 0.15) is 0 Å². The minimum Gasteiger partial charge on any atom is -0.368 e. The van der Waals surface area contributed by atoms with Crippen LogP contribution >= 0.6 is 0 Å². The van der Waals surface area contributed by atoms with Crippen molar-refractivity contribution in [3.05, 3.63) is 0 Å². The quantitative estimate of drug-likeness (QED) is 0.799. The Morgan fingerprint density at radius 3 is 2.68 bits per heavy atom. The summed E-state index contributed by atoms with van der Waals surface area (Å²) in [5.41, 5.74) is 5.72. The predicted octanol–water partition coefficient (Wildman–Crippen LogP) is 0.233. The van der Waals surface area contributed by atoms with Crippen LogP contribution in [0, 0.1) is 0 Å². The molecule has 2 heterocycles. The van der Waals surface area contributed by atoms with Gasteiger partial charge in [0.2, 0.25) is 17.8 Å². The van der Waals surface area contributed by atoms with Gasteiger partial charge in [0, 0.05) is 41.9 Å². The Balaban J connectivity index is 2.09. The van der Waals surface area contributed by atoms with E-state index in [1.165, 1.54) is 0 Å². The monoisotopic (exact) mass is 284 g/mol. The van der Waals surface area contributed by atoms with Crippen LogP contribution in [0.5, 0.6) is 0 Å². The molecule has 2 atom stereocenters. The van der Waals surface area contributed by atoms with Gasteiger partial charge < -0.3 is 16.0 Å². The van der Waals surface area contributed by atoms with Crippen molar-refractivity contribution in [1.29, 1.82) is 0 Å². The van der Waals surface area contributed by atoms with Crippen molar-refractivity contribution >= 4 is 28.6 Å². The summed E-state index contributed by atoms with van der Waals surface area (Å²) in [7, 11) is -0.857. The fraction of sp³-hybridized carbons (Fsp3) is 0.727. The molecule has 0 aliphatic carbocycles. The van der Waals surface area contributed by atoms with Gasteiger partial charge in [0.05, 0.1) is 0 Å². The van der Waals surface area contributed by atoms with Crippen LogP contribution in [0.2, 0.25) is 0 Å². The van der Waals surface area contributed by atoms with Crippen LogP contribution in [0.25, 0.3) is 0 Å². The topological polar surface area (TPSA) is 97.0 Å². The van der Waals surface area contributed by atoms with Crippen molar-refractivity contribution < 1.29 is 4.21 Å². The molecule has 7 nitrogen and oxygen atoms in total. The van der Waals surface area contributed by atoms with E-state index in [-0.39, 0.29) is 12.0 Å². The summed E-state index contributed by atoms with van der Waals surface area (Å²) in [5, 5.41) is 3.12. The largest absolute Gasteiger partial charge is 0.368 e. The van der Waals surface area contributed by atoms with Gasteiger partial charge in [0.15, 0.2) is 0 Å². The van der Waals surface area contributed by atoms with Crippen molar-refractivity contribution in [2.75, 3.05) is 41.0 Å². The molecule has 0 saturated carbocycles. The van der Waals surface area contributed by atoms with Crippen LogP contribution in [0.15, 0.2) is 0 Å². The zero-order valence-electron chi connectivity index (χ0n) is 11.3. The molecule has 3 N–H and O–H groups in total. The Hall–Kier alpha value is -1.44. The fourth-order valence-corrected chi connectivity index (χ4v) is 2.91. The number of aromatic nitrogens is 3. The molecule has 2 unspecified atom stereocenters. The first-order valence-corrected chi connectivity index (χ1v) is 8.10. The molecule has 19 heavy (non-hydrogen) atoms. The van der Waals surface area contributed by atoms with Crippen LogP contribution < -0.4 is 16.0 Å². The molecule has 106 valence electrons. The molecule has 1 aliphatic rings. The van der Waals surface area contributed by atoms with Gasteiger partial charge in [-0.25, -0.2) is 0 Å². The molecule has 0 radical (unpaired) electrons.